The monoisotopic (exact) mass is 1060 g/mol. The topological polar surface area (TPSA) is 78.9 Å². The molecule has 0 aromatic carbocycles. The van der Waals surface area contributed by atoms with Crippen molar-refractivity contribution in [1.29, 1.82) is 0 Å². The Morgan fingerprint density at radius 3 is 0.667 bits per heavy atom. The number of allylic oxidation sites excluding steroid dienone is 2. The van der Waals surface area contributed by atoms with Crippen molar-refractivity contribution >= 4 is 17.9 Å². The van der Waals surface area contributed by atoms with Gasteiger partial charge in [0.15, 0.2) is 6.10 Å². The van der Waals surface area contributed by atoms with Crippen LogP contribution >= 0.6 is 0 Å². The smallest absolute Gasteiger partial charge is 0.306 e. The molecule has 0 saturated carbocycles. The van der Waals surface area contributed by atoms with Gasteiger partial charge < -0.3 is 14.2 Å². The van der Waals surface area contributed by atoms with E-state index in [4.69, 9.17) is 14.2 Å². The molecule has 0 spiro atoms. The lowest BCUT2D eigenvalue weighted by Crippen LogP contribution is -2.30. The number of carbonyl (C=O) groups excluding carboxylic acids is 3. The van der Waals surface area contributed by atoms with Crippen LogP contribution in [0.1, 0.15) is 393 Å². The fourth-order valence-corrected chi connectivity index (χ4v) is 10.6. The van der Waals surface area contributed by atoms with E-state index in [1.807, 2.05) is 0 Å². The third-order valence-corrected chi connectivity index (χ3v) is 15.8. The van der Waals surface area contributed by atoms with Gasteiger partial charge in [-0.3, -0.25) is 14.4 Å². The van der Waals surface area contributed by atoms with Gasteiger partial charge in [0, 0.05) is 19.3 Å². The van der Waals surface area contributed by atoms with E-state index in [1.54, 1.807) is 0 Å². The van der Waals surface area contributed by atoms with Crippen molar-refractivity contribution in [1.82, 2.24) is 0 Å². The van der Waals surface area contributed by atoms with Gasteiger partial charge in [0.25, 0.3) is 0 Å². The van der Waals surface area contributed by atoms with Crippen LogP contribution in [-0.2, 0) is 28.6 Å². The number of rotatable bonds is 64. The van der Waals surface area contributed by atoms with Crippen molar-refractivity contribution in [3.05, 3.63) is 12.2 Å². The molecule has 1 unspecified atom stereocenters. The first-order valence-corrected chi connectivity index (χ1v) is 34.2. The van der Waals surface area contributed by atoms with E-state index in [9.17, 15) is 14.4 Å². The van der Waals surface area contributed by atoms with Crippen molar-refractivity contribution in [3.8, 4) is 0 Å². The highest BCUT2D eigenvalue weighted by Gasteiger charge is 2.19. The second-order valence-corrected chi connectivity index (χ2v) is 23.5. The summed E-state index contributed by atoms with van der Waals surface area (Å²) in [7, 11) is 0. The first-order chi connectivity index (χ1) is 37.0. The molecule has 0 aromatic rings. The number of hydrogen-bond donors (Lipinski definition) is 0. The predicted octanol–water partition coefficient (Wildman–Crippen LogP) is 23.2. The van der Waals surface area contributed by atoms with Crippen molar-refractivity contribution < 1.29 is 28.6 Å². The molecule has 0 heterocycles. The van der Waals surface area contributed by atoms with Gasteiger partial charge in [-0.05, 0) is 44.9 Å². The van der Waals surface area contributed by atoms with Crippen LogP contribution in [0.3, 0.4) is 0 Å². The highest BCUT2D eigenvalue weighted by atomic mass is 16.6. The molecule has 0 fully saturated rings. The minimum Gasteiger partial charge on any atom is -0.462 e. The van der Waals surface area contributed by atoms with Crippen molar-refractivity contribution in [2.45, 2.75) is 399 Å². The second-order valence-electron chi connectivity index (χ2n) is 23.5. The van der Waals surface area contributed by atoms with E-state index in [1.165, 1.54) is 295 Å². The van der Waals surface area contributed by atoms with E-state index in [0.29, 0.717) is 19.3 Å². The maximum absolute atomic E-state index is 12.9. The van der Waals surface area contributed by atoms with Crippen LogP contribution in [0.4, 0.5) is 0 Å². The lowest BCUT2D eigenvalue weighted by molar-refractivity contribution is -0.167. The van der Waals surface area contributed by atoms with Crippen LogP contribution in [0, 0.1) is 0 Å². The number of unbranched alkanes of at least 4 members (excludes halogenated alkanes) is 51. The van der Waals surface area contributed by atoms with Gasteiger partial charge >= 0.3 is 17.9 Å². The highest BCUT2D eigenvalue weighted by Crippen LogP contribution is 2.19. The Bertz CT molecular complexity index is 1170. The van der Waals surface area contributed by atoms with Gasteiger partial charge in [0.2, 0.25) is 0 Å². The maximum atomic E-state index is 12.9. The molecule has 0 bridgehead atoms. The molecule has 0 aliphatic heterocycles. The lowest BCUT2D eigenvalue weighted by atomic mass is 10.0. The first-order valence-electron chi connectivity index (χ1n) is 34.2. The molecule has 1 atom stereocenters. The van der Waals surface area contributed by atoms with Gasteiger partial charge in [0.1, 0.15) is 13.2 Å². The molecule has 444 valence electrons. The van der Waals surface area contributed by atoms with Crippen LogP contribution in [0.2, 0.25) is 0 Å². The molecule has 0 N–H and O–H groups in total. The number of esters is 3. The van der Waals surface area contributed by atoms with Crippen molar-refractivity contribution in [3.63, 3.8) is 0 Å². The molecule has 0 aliphatic carbocycles. The van der Waals surface area contributed by atoms with E-state index in [0.717, 1.165) is 57.8 Å². The Labute approximate surface area is 469 Å². The van der Waals surface area contributed by atoms with Crippen LogP contribution in [-0.4, -0.2) is 37.2 Å². The molecule has 6 nitrogen and oxygen atoms in total. The average Bonchev–Trinajstić information content (AvgIpc) is 3.41. The standard InChI is InChI=1S/C69H132O6/c1-4-7-10-13-16-19-22-25-28-31-33-34-36-39-41-44-47-50-53-56-59-62-68(71)74-65-66(75-69(72)63-60-57-54-51-48-45-42-37-30-27-24-21-18-15-12-9-6-3)64-73-67(70)61-58-55-52-49-46-43-40-38-35-32-29-26-23-20-17-14-11-8-5-2/h27,30,66H,4-26,28-29,31-65H2,1-3H3/b30-27-. The summed E-state index contributed by atoms with van der Waals surface area (Å²) >= 11 is 0. The SMILES string of the molecule is CCCCCCCC/C=C\CCCCCCCCCC(=O)OC(COC(=O)CCCCCCCCCCCCCCCCCCCCC)COC(=O)CCCCCCCCCCCCCCCCCCCCCCC. The zero-order valence-corrected chi connectivity index (χ0v) is 51.1. The van der Waals surface area contributed by atoms with E-state index >= 15 is 0 Å². The summed E-state index contributed by atoms with van der Waals surface area (Å²) in [5.41, 5.74) is 0. The minimum absolute atomic E-state index is 0.0649. The van der Waals surface area contributed by atoms with Crippen LogP contribution in [0.5, 0.6) is 0 Å². The molecule has 75 heavy (non-hydrogen) atoms. The number of carbonyl (C=O) groups is 3. The fourth-order valence-electron chi connectivity index (χ4n) is 10.6. The molecular weight excluding hydrogens is 925 g/mol. The molecule has 0 amide bonds. The summed E-state index contributed by atoms with van der Waals surface area (Å²) in [6, 6.07) is 0. The fraction of sp³-hybridized carbons (Fsp3) is 0.928. The van der Waals surface area contributed by atoms with E-state index < -0.39 is 6.10 Å². The van der Waals surface area contributed by atoms with Crippen LogP contribution in [0.15, 0.2) is 12.2 Å². The molecular formula is C69H132O6. The Morgan fingerprint density at radius 1 is 0.253 bits per heavy atom. The Hall–Kier alpha value is -1.85. The van der Waals surface area contributed by atoms with E-state index in [2.05, 4.69) is 32.9 Å². The van der Waals surface area contributed by atoms with Gasteiger partial charge in [-0.15, -0.1) is 0 Å². The zero-order valence-electron chi connectivity index (χ0n) is 51.1. The third-order valence-electron chi connectivity index (χ3n) is 15.8. The molecule has 0 aliphatic rings. The summed E-state index contributed by atoms with van der Waals surface area (Å²) in [6.45, 7) is 6.72. The summed E-state index contributed by atoms with van der Waals surface area (Å²) in [5, 5.41) is 0. The van der Waals surface area contributed by atoms with Crippen LogP contribution < -0.4 is 0 Å². The molecule has 0 aromatic heterocycles. The maximum Gasteiger partial charge on any atom is 0.306 e. The van der Waals surface area contributed by atoms with Crippen molar-refractivity contribution in [2.75, 3.05) is 13.2 Å². The van der Waals surface area contributed by atoms with Gasteiger partial charge in [0.05, 0.1) is 0 Å². The summed E-state index contributed by atoms with van der Waals surface area (Å²) in [5.74, 6) is -0.834. The summed E-state index contributed by atoms with van der Waals surface area (Å²) in [6.07, 6.45) is 76.5. The predicted molar refractivity (Wildman–Crippen MR) is 326 cm³/mol. The largest absolute Gasteiger partial charge is 0.462 e. The number of hydrogen-bond acceptors (Lipinski definition) is 6. The second kappa shape index (κ2) is 64.7. The Morgan fingerprint density at radius 2 is 0.440 bits per heavy atom. The first kappa shape index (κ1) is 73.2. The minimum atomic E-state index is -0.768. The summed E-state index contributed by atoms with van der Waals surface area (Å²) in [4.78, 5) is 38.4. The van der Waals surface area contributed by atoms with Crippen LogP contribution in [0.25, 0.3) is 0 Å². The van der Waals surface area contributed by atoms with E-state index in [-0.39, 0.29) is 31.1 Å². The highest BCUT2D eigenvalue weighted by molar-refractivity contribution is 5.71. The molecule has 0 saturated heterocycles. The molecule has 6 heteroatoms. The normalized spacial score (nSPS) is 12.0. The van der Waals surface area contributed by atoms with Gasteiger partial charge in [-0.2, -0.15) is 0 Å². The number of ether oxygens (including phenoxy) is 3. The quantitative estimate of drug-likeness (QED) is 0.0261. The van der Waals surface area contributed by atoms with Gasteiger partial charge in [-0.25, -0.2) is 0 Å². The average molecular weight is 1060 g/mol. The summed E-state index contributed by atoms with van der Waals surface area (Å²) < 4.78 is 17.0. The molecule has 0 rings (SSSR count). The zero-order chi connectivity index (χ0) is 54.3. The Balaban J connectivity index is 4.28. The molecule has 0 radical (unpaired) electrons. The van der Waals surface area contributed by atoms with Crippen molar-refractivity contribution in [2.24, 2.45) is 0 Å². The lowest BCUT2D eigenvalue weighted by Gasteiger charge is -2.18. The third kappa shape index (κ3) is 62.9. The van der Waals surface area contributed by atoms with Gasteiger partial charge in [-0.1, -0.05) is 341 Å². The Kier molecular flexibility index (Phi) is 63.1.